The summed E-state index contributed by atoms with van der Waals surface area (Å²) in [5.74, 6) is -0.867. The molecule has 1 aliphatic heterocycles. The van der Waals surface area contributed by atoms with Gasteiger partial charge in [0.05, 0.1) is 20.3 Å². The molecule has 0 saturated carbocycles. The average molecular weight is 561 g/mol. The Hall–Kier alpha value is -4.60. The van der Waals surface area contributed by atoms with Crippen LogP contribution >= 0.6 is 0 Å². The number of benzene rings is 2. The second kappa shape index (κ2) is 11.5. The van der Waals surface area contributed by atoms with Crippen LogP contribution in [0.25, 0.3) is 21.9 Å². The van der Waals surface area contributed by atoms with Crippen LogP contribution in [0.3, 0.4) is 0 Å². The van der Waals surface area contributed by atoms with E-state index in [-0.39, 0.29) is 44.5 Å². The third-order valence-corrected chi connectivity index (χ3v) is 7.69. The van der Waals surface area contributed by atoms with Crippen LogP contribution in [0.5, 0.6) is 5.75 Å². The van der Waals surface area contributed by atoms with Crippen molar-refractivity contribution in [1.82, 2.24) is 9.88 Å². The quantitative estimate of drug-likeness (QED) is 0.254. The van der Waals surface area contributed by atoms with Gasteiger partial charge < -0.3 is 28.5 Å². The van der Waals surface area contributed by atoms with Gasteiger partial charge in [0.25, 0.3) is 5.91 Å². The summed E-state index contributed by atoms with van der Waals surface area (Å²) in [6.07, 6.45) is 0.621. The molecule has 3 heterocycles. The van der Waals surface area contributed by atoms with E-state index in [1.807, 2.05) is 31.2 Å². The molecule has 2 aromatic carbocycles. The molecule has 10 heteroatoms. The van der Waals surface area contributed by atoms with Crippen molar-refractivity contribution in [3.8, 4) is 5.75 Å². The van der Waals surface area contributed by atoms with Gasteiger partial charge in [-0.2, -0.15) is 0 Å². The molecule has 2 aromatic heterocycles. The van der Waals surface area contributed by atoms with E-state index < -0.39 is 17.6 Å². The number of fused-ring (bicyclic) bond motifs is 4. The number of hydrogen-bond acceptors (Lipinski definition) is 8. The molecule has 0 spiro atoms. The van der Waals surface area contributed by atoms with Crippen molar-refractivity contribution in [1.29, 1.82) is 0 Å². The van der Waals surface area contributed by atoms with Gasteiger partial charge in [-0.25, -0.2) is 9.59 Å². The van der Waals surface area contributed by atoms with E-state index in [1.165, 1.54) is 12.0 Å². The lowest BCUT2D eigenvalue weighted by atomic mass is 9.96. The van der Waals surface area contributed by atoms with E-state index in [4.69, 9.17) is 18.6 Å². The van der Waals surface area contributed by atoms with Crippen molar-refractivity contribution in [2.24, 2.45) is 0 Å². The van der Waals surface area contributed by atoms with E-state index in [0.717, 1.165) is 27.7 Å². The molecular formula is C31H32N2O8. The average Bonchev–Trinajstić information content (AvgIpc) is 3.33. The van der Waals surface area contributed by atoms with Gasteiger partial charge in [-0.05, 0) is 56.5 Å². The third kappa shape index (κ3) is 5.29. The Bertz CT molecular complexity index is 1720. The van der Waals surface area contributed by atoms with Crippen molar-refractivity contribution >= 4 is 39.7 Å². The maximum atomic E-state index is 13.4. The molecule has 1 atom stereocenters. The smallest absolute Gasteiger partial charge is 0.339 e. The van der Waals surface area contributed by atoms with Crippen LogP contribution < -0.4 is 10.4 Å². The summed E-state index contributed by atoms with van der Waals surface area (Å²) < 4.78 is 21.5. The zero-order valence-corrected chi connectivity index (χ0v) is 23.5. The molecule has 1 N–H and O–H groups in total. The molecule has 4 aromatic rings. The Balaban J connectivity index is 1.36. The highest BCUT2D eigenvalue weighted by Gasteiger charge is 2.37. The molecule has 41 heavy (non-hydrogen) atoms. The summed E-state index contributed by atoms with van der Waals surface area (Å²) in [5.41, 5.74) is 4.34. The number of rotatable bonds is 8. The minimum Gasteiger partial charge on any atom is -0.483 e. The summed E-state index contributed by atoms with van der Waals surface area (Å²) in [6, 6.07) is 10.5. The Morgan fingerprint density at radius 2 is 1.85 bits per heavy atom. The van der Waals surface area contributed by atoms with E-state index in [0.29, 0.717) is 34.3 Å². The first kappa shape index (κ1) is 27.9. The van der Waals surface area contributed by atoms with E-state index in [2.05, 4.69) is 4.98 Å². The van der Waals surface area contributed by atoms with Gasteiger partial charge in [0, 0.05) is 46.0 Å². The van der Waals surface area contributed by atoms with Crippen LogP contribution in [-0.2, 0) is 43.2 Å². The van der Waals surface area contributed by atoms with Crippen LogP contribution in [0.1, 0.15) is 41.3 Å². The predicted molar refractivity (Wildman–Crippen MR) is 151 cm³/mol. The Morgan fingerprint density at radius 1 is 1.07 bits per heavy atom. The molecule has 214 valence electrons. The number of carbonyl (C=O) groups is 3. The number of H-pyrrole nitrogens is 1. The standard InChI is InChI=1S/C31H32N2O8/c1-5-39-28(35)13-11-20-17(2)19-10-12-26(18(3)29(19)41-30(20)36)40-16-27(34)33-15-24-22(14-25(33)31(37)38-4)21-8-6-7-9-23(21)32-24/h6-10,12,25,32H,5,11,13-16H2,1-4H3/t25-/m0/s1. The van der Waals surface area contributed by atoms with Crippen molar-refractivity contribution in [3.63, 3.8) is 0 Å². The number of esters is 2. The number of nitrogens with zero attached hydrogens (tertiary/aromatic N) is 1. The molecule has 0 bridgehead atoms. The number of ether oxygens (including phenoxy) is 3. The highest BCUT2D eigenvalue weighted by atomic mass is 16.5. The number of aromatic amines is 1. The first-order valence-corrected chi connectivity index (χ1v) is 13.5. The molecule has 0 aliphatic carbocycles. The zero-order chi connectivity index (χ0) is 29.3. The molecule has 0 radical (unpaired) electrons. The first-order chi connectivity index (χ1) is 19.7. The minimum atomic E-state index is -0.783. The summed E-state index contributed by atoms with van der Waals surface area (Å²) in [4.78, 5) is 55.5. The molecule has 5 rings (SSSR count). The van der Waals surface area contributed by atoms with E-state index >= 15 is 0 Å². The van der Waals surface area contributed by atoms with Crippen LogP contribution in [0.4, 0.5) is 0 Å². The van der Waals surface area contributed by atoms with Crippen molar-refractivity contribution < 1.29 is 33.0 Å². The lowest BCUT2D eigenvalue weighted by Gasteiger charge is -2.33. The lowest BCUT2D eigenvalue weighted by Crippen LogP contribution is -2.50. The van der Waals surface area contributed by atoms with Crippen LogP contribution in [-0.4, -0.2) is 54.1 Å². The number of amides is 1. The topological polar surface area (TPSA) is 128 Å². The second-order valence-corrected chi connectivity index (χ2v) is 10.0. The Morgan fingerprint density at radius 3 is 2.61 bits per heavy atom. The van der Waals surface area contributed by atoms with Gasteiger partial charge in [0.15, 0.2) is 6.61 Å². The molecule has 0 unspecified atom stereocenters. The van der Waals surface area contributed by atoms with Gasteiger partial charge >= 0.3 is 17.6 Å². The zero-order valence-electron chi connectivity index (χ0n) is 23.5. The van der Waals surface area contributed by atoms with Gasteiger partial charge in [-0.15, -0.1) is 0 Å². The molecule has 0 saturated heterocycles. The number of methoxy groups -OCH3 is 1. The maximum absolute atomic E-state index is 13.4. The fourth-order valence-corrected chi connectivity index (χ4v) is 5.52. The van der Waals surface area contributed by atoms with Crippen LogP contribution in [0.15, 0.2) is 45.6 Å². The van der Waals surface area contributed by atoms with Gasteiger partial charge in [-0.3, -0.25) is 9.59 Å². The van der Waals surface area contributed by atoms with E-state index in [1.54, 1.807) is 26.0 Å². The fourth-order valence-electron chi connectivity index (χ4n) is 5.52. The highest BCUT2D eigenvalue weighted by molar-refractivity contribution is 5.90. The Kier molecular flexibility index (Phi) is 7.83. The van der Waals surface area contributed by atoms with Crippen molar-refractivity contribution in [2.45, 2.75) is 52.6 Å². The summed E-state index contributed by atoms with van der Waals surface area (Å²) in [5, 5.41) is 1.74. The number of carbonyl (C=O) groups excluding carboxylic acids is 3. The predicted octanol–water partition coefficient (Wildman–Crippen LogP) is 3.89. The SMILES string of the molecule is CCOC(=O)CCc1c(C)c2ccc(OCC(=O)N3Cc4[nH]c5ccccc5c4C[C@H]3C(=O)OC)c(C)c2oc1=O. The van der Waals surface area contributed by atoms with Gasteiger partial charge in [0.1, 0.15) is 17.4 Å². The van der Waals surface area contributed by atoms with Crippen LogP contribution in [0, 0.1) is 13.8 Å². The maximum Gasteiger partial charge on any atom is 0.339 e. The van der Waals surface area contributed by atoms with Crippen molar-refractivity contribution in [3.05, 3.63) is 74.8 Å². The molecule has 0 fully saturated rings. The normalized spacial score (nSPS) is 14.6. The largest absolute Gasteiger partial charge is 0.483 e. The van der Waals surface area contributed by atoms with Gasteiger partial charge in [0.2, 0.25) is 0 Å². The number of hydrogen-bond donors (Lipinski definition) is 1. The molecule has 1 aliphatic rings. The summed E-state index contributed by atoms with van der Waals surface area (Å²) >= 11 is 0. The van der Waals surface area contributed by atoms with Crippen LogP contribution in [0.2, 0.25) is 0 Å². The van der Waals surface area contributed by atoms with E-state index in [9.17, 15) is 19.2 Å². The molecule has 1 amide bonds. The third-order valence-electron chi connectivity index (χ3n) is 7.69. The number of para-hydroxylation sites is 1. The molecular weight excluding hydrogens is 528 g/mol. The lowest BCUT2D eigenvalue weighted by molar-refractivity contribution is -0.154. The van der Waals surface area contributed by atoms with Gasteiger partial charge in [-0.1, -0.05) is 18.2 Å². The summed E-state index contributed by atoms with van der Waals surface area (Å²) in [7, 11) is 1.31. The number of aryl methyl sites for hydroxylation is 2. The number of aromatic nitrogens is 1. The Labute approximate surface area is 236 Å². The number of nitrogens with one attached hydrogen (secondary N) is 1. The fraction of sp³-hybridized carbons (Fsp3) is 0.355. The highest BCUT2D eigenvalue weighted by Crippen LogP contribution is 2.32. The first-order valence-electron chi connectivity index (χ1n) is 13.5. The molecule has 10 nitrogen and oxygen atoms in total. The van der Waals surface area contributed by atoms with Crippen molar-refractivity contribution in [2.75, 3.05) is 20.3 Å². The monoisotopic (exact) mass is 560 g/mol. The summed E-state index contributed by atoms with van der Waals surface area (Å²) in [6.45, 7) is 5.46. The second-order valence-electron chi connectivity index (χ2n) is 10.0. The minimum absolute atomic E-state index is 0.0797.